The van der Waals surface area contributed by atoms with Crippen LogP contribution in [0.4, 0.5) is 0 Å². The Kier molecular flexibility index (Phi) is 3.84. The summed E-state index contributed by atoms with van der Waals surface area (Å²) in [6.45, 7) is 5.32. The molecule has 0 aromatic carbocycles. The first-order chi connectivity index (χ1) is 11.2. The highest BCUT2D eigenvalue weighted by atomic mass is 16.5. The van der Waals surface area contributed by atoms with Crippen molar-refractivity contribution in [2.24, 2.45) is 5.41 Å². The molecule has 0 bridgehead atoms. The number of ether oxygens (including phenoxy) is 1. The van der Waals surface area contributed by atoms with Crippen LogP contribution in [0.3, 0.4) is 0 Å². The van der Waals surface area contributed by atoms with E-state index in [-0.39, 0.29) is 11.3 Å². The van der Waals surface area contributed by atoms with Gasteiger partial charge < -0.3 is 9.64 Å². The number of carbonyl (C=O) groups is 1. The molecule has 1 atom stereocenters. The number of hydrogen-bond donors (Lipinski definition) is 0. The Morgan fingerprint density at radius 2 is 2.13 bits per heavy atom. The first-order valence-corrected chi connectivity index (χ1v) is 8.86. The highest BCUT2D eigenvalue weighted by Gasteiger charge is 2.41. The Hall–Kier alpha value is -1.49. The second kappa shape index (κ2) is 5.86. The molecule has 0 radical (unpaired) electrons. The second-order valence-corrected chi connectivity index (χ2v) is 7.37. The first-order valence-electron chi connectivity index (χ1n) is 8.86. The molecule has 5 heteroatoms. The third kappa shape index (κ3) is 2.87. The summed E-state index contributed by atoms with van der Waals surface area (Å²) in [6.07, 6.45) is 6.89. The van der Waals surface area contributed by atoms with Gasteiger partial charge in [-0.3, -0.25) is 4.79 Å². The van der Waals surface area contributed by atoms with Crippen LogP contribution >= 0.6 is 0 Å². The molecule has 23 heavy (non-hydrogen) atoms. The van der Waals surface area contributed by atoms with Crippen LogP contribution in [0.15, 0.2) is 0 Å². The van der Waals surface area contributed by atoms with Gasteiger partial charge in [0.25, 0.3) is 0 Å². The zero-order chi connectivity index (χ0) is 15.9. The lowest BCUT2D eigenvalue weighted by atomic mass is 9.79. The Morgan fingerprint density at radius 3 is 2.96 bits per heavy atom. The van der Waals surface area contributed by atoms with Crippen molar-refractivity contribution >= 4 is 5.91 Å². The van der Waals surface area contributed by atoms with E-state index >= 15 is 0 Å². The van der Waals surface area contributed by atoms with Gasteiger partial charge >= 0.3 is 0 Å². The topological polar surface area (TPSA) is 55.3 Å². The molecule has 1 spiro atoms. The number of fused-ring (bicyclic) bond motifs is 1. The maximum Gasteiger partial charge on any atom is 0.222 e. The molecule has 4 rings (SSSR count). The quantitative estimate of drug-likeness (QED) is 0.854. The zero-order valence-electron chi connectivity index (χ0n) is 13.9. The van der Waals surface area contributed by atoms with Crippen LogP contribution < -0.4 is 0 Å². The van der Waals surface area contributed by atoms with Crippen molar-refractivity contribution in [1.82, 2.24) is 14.9 Å². The third-order valence-corrected chi connectivity index (χ3v) is 5.72. The molecule has 3 heterocycles. The molecule has 124 valence electrons. The highest BCUT2D eigenvalue weighted by molar-refractivity contribution is 5.77. The zero-order valence-corrected chi connectivity index (χ0v) is 13.9. The average Bonchev–Trinajstić information content (AvgIpc) is 3.18. The van der Waals surface area contributed by atoms with Crippen molar-refractivity contribution in [2.75, 3.05) is 26.3 Å². The summed E-state index contributed by atoms with van der Waals surface area (Å²) in [5.74, 6) is 1.18. The largest absolute Gasteiger partial charge is 0.381 e. The van der Waals surface area contributed by atoms with Crippen LogP contribution in [0.2, 0.25) is 0 Å². The van der Waals surface area contributed by atoms with Gasteiger partial charge in [0, 0.05) is 49.3 Å². The van der Waals surface area contributed by atoms with E-state index in [4.69, 9.17) is 9.72 Å². The first kappa shape index (κ1) is 15.1. The van der Waals surface area contributed by atoms with E-state index in [9.17, 15) is 4.79 Å². The van der Waals surface area contributed by atoms with E-state index < -0.39 is 0 Å². The molecule has 0 N–H and O–H groups in total. The second-order valence-electron chi connectivity index (χ2n) is 7.37. The average molecular weight is 315 g/mol. The van der Waals surface area contributed by atoms with Crippen LogP contribution in [0.1, 0.15) is 48.5 Å². The molecule has 1 amide bonds. The summed E-state index contributed by atoms with van der Waals surface area (Å²) in [7, 11) is 0. The molecule has 0 saturated carbocycles. The minimum atomic E-state index is 0.211. The van der Waals surface area contributed by atoms with E-state index in [1.54, 1.807) is 0 Å². The molecule has 5 nitrogen and oxygen atoms in total. The molecule has 2 aliphatic heterocycles. The Labute approximate surface area is 137 Å². The number of piperidine rings is 1. The monoisotopic (exact) mass is 315 g/mol. The summed E-state index contributed by atoms with van der Waals surface area (Å²) in [5.41, 5.74) is 3.93. The van der Waals surface area contributed by atoms with Crippen molar-refractivity contribution in [1.29, 1.82) is 0 Å². The minimum Gasteiger partial charge on any atom is -0.381 e. The molecule has 1 aliphatic carbocycles. The third-order valence-electron chi connectivity index (χ3n) is 5.72. The molecule has 2 saturated heterocycles. The lowest BCUT2D eigenvalue weighted by molar-refractivity contribution is -0.137. The smallest absolute Gasteiger partial charge is 0.222 e. The van der Waals surface area contributed by atoms with E-state index in [2.05, 4.69) is 11.9 Å². The fourth-order valence-corrected chi connectivity index (χ4v) is 4.31. The van der Waals surface area contributed by atoms with Gasteiger partial charge in [0.2, 0.25) is 5.91 Å². The van der Waals surface area contributed by atoms with E-state index in [1.807, 2.05) is 4.90 Å². The number of likely N-dealkylation sites (tertiary alicyclic amines) is 1. The van der Waals surface area contributed by atoms with Crippen molar-refractivity contribution in [3.63, 3.8) is 0 Å². The number of carbonyl (C=O) groups excluding carboxylic acids is 1. The van der Waals surface area contributed by atoms with Crippen molar-refractivity contribution in [3.05, 3.63) is 22.8 Å². The summed E-state index contributed by atoms with van der Waals surface area (Å²) >= 11 is 0. The standard InChI is InChI=1S/C18H25N3O2/c1-13-14-3-2-4-15(14)20-16(19-13)6-9-21-11-18(7-5-17(21)22)8-10-23-12-18/h2-12H2,1H3. The number of aromatic nitrogens is 2. The van der Waals surface area contributed by atoms with Gasteiger partial charge in [0.1, 0.15) is 5.82 Å². The molecular formula is C18H25N3O2. The summed E-state index contributed by atoms with van der Waals surface area (Å²) < 4.78 is 5.59. The number of nitrogens with zero attached hydrogens (tertiary/aromatic N) is 3. The van der Waals surface area contributed by atoms with Gasteiger partial charge in [-0.15, -0.1) is 0 Å². The summed E-state index contributed by atoms with van der Waals surface area (Å²) in [5, 5.41) is 0. The molecule has 1 unspecified atom stereocenters. The van der Waals surface area contributed by atoms with Crippen LogP contribution in [-0.2, 0) is 28.8 Å². The predicted octanol–water partition coefficient (Wildman–Crippen LogP) is 1.85. The lowest BCUT2D eigenvalue weighted by Crippen LogP contribution is -2.47. The SMILES string of the molecule is Cc1nc(CCN2CC3(CCOC3)CCC2=O)nc2c1CCC2. The molecule has 1 aromatic heterocycles. The molecular weight excluding hydrogens is 290 g/mol. The van der Waals surface area contributed by atoms with Gasteiger partial charge in [-0.1, -0.05) is 0 Å². The fourth-order valence-electron chi connectivity index (χ4n) is 4.31. The van der Waals surface area contributed by atoms with Crippen LogP contribution in [-0.4, -0.2) is 47.1 Å². The number of aryl methyl sites for hydroxylation is 2. The summed E-state index contributed by atoms with van der Waals surface area (Å²) in [6, 6.07) is 0. The van der Waals surface area contributed by atoms with Gasteiger partial charge in [0.05, 0.1) is 6.61 Å². The minimum absolute atomic E-state index is 0.211. The molecule has 1 aromatic rings. The van der Waals surface area contributed by atoms with Gasteiger partial charge in [-0.2, -0.15) is 0 Å². The van der Waals surface area contributed by atoms with E-state index in [1.165, 1.54) is 17.7 Å². The Balaban J connectivity index is 1.44. The molecule has 3 aliphatic rings. The fraction of sp³-hybridized carbons (Fsp3) is 0.722. The van der Waals surface area contributed by atoms with Crippen LogP contribution in [0, 0.1) is 12.3 Å². The van der Waals surface area contributed by atoms with Crippen molar-refractivity contribution in [2.45, 2.75) is 51.9 Å². The summed E-state index contributed by atoms with van der Waals surface area (Å²) in [4.78, 5) is 23.7. The predicted molar refractivity (Wildman–Crippen MR) is 86.2 cm³/mol. The van der Waals surface area contributed by atoms with E-state index in [0.29, 0.717) is 6.42 Å². The molecule has 2 fully saturated rings. The van der Waals surface area contributed by atoms with Crippen LogP contribution in [0.25, 0.3) is 0 Å². The van der Waals surface area contributed by atoms with Crippen molar-refractivity contribution in [3.8, 4) is 0 Å². The van der Waals surface area contributed by atoms with Crippen molar-refractivity contribution < 1.29 is 9.53 Å². The highest BCUT2D eigenvalue weighted by Crippen LogP contribution is 2.38. The van der Waals surface area contributed by atoms with Gasteiger partial charge in [-0.05, 0) is 44.6 Å². The van der Waals surface area contributed by atoms with Gasteiger partial charge in [-0.25, -0.2) is 9.97 Å². The maximum atomic E-state index is 12.3. The lowest BCUT2D eigenvalue weighted by Gasteiger charge is -2.39. The maximum absolute atomic E-state index is 12.3. The van der Waals surface area contributed by atoms with Gasteiger partial charge in [0.15, 0.2) is 0 Å². The Bertz CT molecular complexity index is 623. The number of amides is 1. The normalized spacial score (nSPS) is 27.0. The number of hydrogen-bond acceptors (Lipinski definition) is 4. The Morgan fingerprint density at radius 1 is 1.22 bits per heavy atom. The van der Waals surface area contributed by atoms with E-state index in [0.717, 1.165) is 69.9 Å². The van der Waals surface area contributed by atoms with Crippen LogP contribution in [0.5, 0.6) is 0 Å². The number of rotatable bonds is 3.